The number of hydrogen-bond acceptors (Lipinski definition) is 3. The molecule has 4 rings (SSSR count). The number of rotatable bonds is 6. The topological polar surface area (TPSA) is 15.7 Å². The molecule has 0 N–H and O–H groups in total. The molecule has 0 radical (unpaired) electrons. The van der Waals surface area contributed by atoms with E-state index in [0.717, 1.165) is 36.7 Å². The lowest BCUT2D eigenvalue weighted by atomic mass is 9.93. The second kappa shape index (κ2) is 7.28. The Kier molecular flexibility index (Phi) is 4.91. The molecule has 2 aliphatic carbocycles. The summed E-state index contributed by atoms with van der Waals surface area (Å²) in [5, 5.41) is 0. The lowest BCUT2D eigenvalue weighted by Crippen LogP contribution is -2.47. The molecule has 1 aromatic carbocycles. The molecule has 0 unspecified atom stereocenters. The van der Waals surface area contributed by atoms with Crippen LogP contribution in [0.25, 0.3) is 0 Å². The summed E-state index contributed by atoms with van der Waals surface area (Å²) < 4.78 is 5.52. The van der Waals surface area contributed by atoms with Crippen molar-refractivity contribution in [2.24, 2.45) is 17.8 Å². The smallest absolute Gasteiger partial charge is 0.119 e. The first-order valence-electron chi connectivity index (χ1n) is 9.65. The summed E-state index contributed by atoms with van der Waals surface area (Å²) >= 11 is 0. The average molecular weight is 326 g/mol. The summed E-state index contributed by atoms with van der Waals surface area (Å²) in [4.78, 5) is 5.29. The number of benzene rings is 1. The third-order valence-electron chi connectivity index (χ3n) is 6.01. The normalized spacial score (nSPS) is 30.1. The predicted molar refractivity (Wildman–Crippen MR) is 98.2 cm³/mol. The van der Waals surface area contributed by atoms with E-state index in [4.69, 9.17) is 4.74 Å². The molecule has 0 amide bonds. The zero-order valence-corrected chi connectivity index (χ0v) is 14.9. The first-order chi connectivity index (χ1) is 11.8. The number of hydrogen-bond donors (Lipinski definition) is 0. The summed E-state index contributed by atoms with van der Waals surface area (Å²) in [7, 11) is 0. The van der Waals surface area contributed by atoms with Crippen LogP contribution in [0, 0.1) is 17.8 Å². The zero-order chi connectivity index (χ0) is 16.4. The van der Waals surface area contributed by atoms with Gasteiger partial charge in [0, 0.05) is 39.3 Å². The van der Waals surface area contributed by atoms with Crippen molar-refractivity contribution in [3.8, 4) is 5.75 Å². The van der Waals surface area contributed by atoms with E-state index in [1.54, 1.807) is 0 Å². The number of ether oxygens (including phenoxy) is 1. The summed E-state index contributed by atoms with van der Waals surface area (Å²) in [6, 6.07) is 8.60. The van der Waals surface area contributed by atoms with E-state index in [0.29, 0.717) is 0 Å². The number of allylic oxidation sites excluding steroid dienone is 2. The van der Waals surface area contributed by atoms with Gasteiger partial charge in [0.05, 0.1) is 6.61 Å². The van der Waals surface area contributed by atoms with Gasteiger partial charge in [-0.05, 0) is 55.2 Å². The molecule has 1 saturated heterocycles. The van der Waals surface area contributed by atoms with Crippen LogP contribution in [0.2, 0.25) is 0 Å². The lowest BCUT2D eigenvalue weighted by Gasteiger charge is -2.37. The van der Waals surface area contributed by atoms with Gasteiger partial charge in [0.25, 0.3) is 0 Å². The Bertz CT molecular complexity index is 560. The standard InChI is InChI=1S/C21H30N2O/c1-2-24-21-7-4-17(5-8-21)15-22-9-11-23(12-10-22)16-20-14-18-3-6-19(20)13-18/h3-8,18-20H,2,9-16H2,1H3/t18-,19+,20+/m1/s1. The highest BCUT2D eigenvalue weighted by Crippen LogP contribution is 2.43. The Morgan fingerprint density at radius 1 is 0.958 bits per heavy atom. The third kappa shape index (κ3) is 3.68. The molecule has 0 aromatic heterocycles. The quantitative estimate of drug-likeness (QED) is 0.745. The highest BCUT2D eigenvalue weighted by atomic mass is 16.5. The molecule has 1 heterocycles. The van der Waals surface area contributed by atoms with Crippen molar-refractivity contribution in [3.63, 3.8) is 0 Å². The average Bonchev–Trinajstić information content (AvgIpc) is 3.22. The number of nitrogens with zero attached hydrogens (tertiary/aromatic N) is 2. The van der Waals surface area contributed by atoms with Gasteiger partial charge in [-0.2, -0.15) is 0 Å². The zero-order valence-electron chi connectivity index (χ0n) is 14.9. The van der Waals surface area contributed by atoms with E-state index in [1.165, 1.54) is 51.1 Å². The van der Waals surface area contributed by atoms with Gasteiger partial charge >= 0.3 is 0 Å². The van der Waals surface area contributed by atoms with Crippen LogP contribution in [0.5, 0.6) is 5.75 Å². The molecular formula is C21H30N2O. The van der Waals surface area contributed by atoms with E-state index in [9.17, 15) is 0 Å². The Morgan fingerprint density at radius 2 is 1.71 bits per heavy atom. The number of fused-ring (bicyclic) bond motifs is 2. The monoisotopic (exact) mass is 326 g/mol. The molecule has 2 bridgehead atoms. The summed E-state index contributed by atoms with van der Waals surface area (Å²) in [6.07, 6.45) is 7.81. The molecule has 24 heavy (non-hydrogen) atoms. The Morgan fingerprint density at radius 3 is 2.33 bits per heavy atom. The Labute approximate surface area is 146 Å². The van der Waals surface area contributed by atoms with E-state index < -0.39 is 0 Å². The van der Waals surface area contributed by atoms with Crippen LogP contribution >= 0.6 is 0 Å². The maximum Gasteiger partial charge on any atom is 0.119 e. The fraction of sp³-hybridized carbons (Fsp3) is 0.619. The molecular weight excluding hydrogens is 296 g/mol. The van der Waals surface area contributed by atoms with Crippen molar-refractivity contribution in [2.75, 3.05) is 39.3 Å². The molecule has 2 fully saturated rings. The fourth-order valence-corrected chi connectivity index (χ4v) is 4.68. The van der Waals surface area contributed by atoms with Gasteiger partial charge in [-0.25, -0.2) is 0 Å². The van der Waals surface area contributed by atoms with Gasteiger partial charge in [-0.1, -0.05) is 24.3 Å². The van der Waals surface area contributed by atoms with Crippen molar-refractivity contribution in [1.82, 2.24) is 9.80 Å². The van der Waals surface area contributed by atoms with Gasteiger partial charge in [-0.15, -0.1) is 0 Å². The molecule has 3 aliphatic rings. The molecule has 1 aliphatic heterocycles. The van der Waals surface area contributed by atoms with Crippen LogP contribution in [0.3, 0.4) is 0 Å². The highest BCUT2D eigenvalue weighted by molar-refractivity contribution is 5.27. The van der Waals surface area contributed by atoms with Crippen LogP contribution in [0.4, 0.5) is 0 Å². The summed E-state index contributed by atoms with van der Waals surface area (Å²) in [5.74, 6) is 3.70. The van der Waals surface area contributed by atoms with Gasteiger partial charge in [-0.3, -0.25) is 4.90 Å². The van der Waals surface area contributed by atoms with Crippen LogP contribution in [0.1, 0.15) is 25.3 Å². The molecule has 3 nitrogen and oxygen atoms in total. The molecule has 3 heteroatoms. The summed E-state index contributed by atoms with van der Waals surface area (Å²) in [5.41, 5.74) is 1.39. The summed E-state index contributed by atoms with van der Waals surface area (Å²) in [6.45, 7) is 10.0. The SMILES string of the molecule is CCOc1ccc(CN2CCN(C[C@@H]3C[C@@H]4C=C[C@H]3C4)CC2)cc1. The van der Waals surface area contributed by atoms with Gasteiger partial charge < -0.3 is 9.64 Å². The third-order valence-corrected chi connectivity index (χ3v) is 6.01. The number of piperazine rings is 1. The highest BCUT2D eigenvalue weighted by Gasteiger charge is 2.36. The predicted octanol–water partition coefficient (Wildman–Crippen LogP) is 3.42. The van der Waals surface area contributed by atoms with Gasteiger partial charge in [0.15, 0.2) is 0 Å². The maximum absolute atomic E-state index is 5.52. The molecule has 130 valence electrons. The van der Waals surface area contributed by atoms with Crippen molar-refractivity contribution in [3.05, 3.63) is 42.0 Å². The van der Waals surface area contributed by atoms with Crippen molar-refractivity contribution in [2.45, 2.75) is 26.3 Å². The minimum atomic E-state index is 0.736. The van der Waals surface area contributed by atoms with Gasteiger partial charge in [0.2, 0.25) is 0 Å². The fourth-order valence-electron chi connectivity index (χ4n) is 4.68. The Balaban J connectivity index is 1.22. The minimum Gasteiger partial charge on any atom is -0.494 e. The van der Waals surface area contributed by atoms with E-state index in [2.05, 4.69) is 46.2 Å². The molecule has 1 saturated carbocycles. The van der Waals surface area contributed by atoms with Crippen LogP contribution in [-0.4, -0.2) is 49.1 Å². The van der Waals surface area contributed by atoms with Crippen molar-refractivity contribution >= 4 is 0 Å². The molecule has 0 spiro atoms. The second-order valence-electron chi connectivity index (χ2n) is 7.69. The maximum atomic E-state index is 5.52. The van der Waals surface area contributed by atoms with Crippen molar-refractivity contribution in [1.29, 1.82) is 0 Å². The first-order valence-corrected chi connectivity index (χ1v) is 9.65. The van der Waals surface area contributed by atoms with Crippen LogP contribution < -0.4 is 4.74 Å². The van der Waals surface area contributed by atoms with E-state index in [-0.39, 0.29) is 0 Å². The lowest BCUT2D eigenvalue weighted by molar-refractivity contribution is 0.108. The molecule has 3 atom stereocenters. The van der Waals surface area contributed by atoms with Gasteiger partial charge in [0.1, 0.15) is 5.75 Å². The van der Waals surface area contributed by atoms with E-state index >= 15 is 0 Å². The second-order valence-corrected chi connectivity index (χ2v) is 7.69. The minimum absolute atomic E-state index is 0.736. The largest absolute Gasteiger partial charge is 0.494 e. The van der Waals surface area contributed by atoms with Crippen molar-refractivity contribution < 1.29 is 4.74 Å². The molecule has 1 aromatic rings. The Hall–Kier alpha value is -1.32. The first kappa shape index (κ1) is 16.2. The van der Waals surface area contributed by atoms with Crippen LogP contribution in [0.15, 0.2) is 36.4 Å². The van der Waals surface area contributed by atoms with E-state index in [1.807, 2.05) is 6.92 Å². The van der Waals surface area contributed by atoms with Crippen LogP contribution in [-0.2, 0) is 6.54 Å².